The van der Waals surface area contributed by atoms with Crippen LogP contribution >= 0.6 is 0 Å². The second-order valence-corrected chi connectivity index (χ2v) is 14.1. The highest BCUT2D eigenvalue weighted by molar-refractivity contribution is 7.91. The summed E-state index contributed by atoms with van der Waals surface area (Å²) in [6.45, 7) is 7.81. The van der Waals surface area contributed by atoms with Gasteiger partial charge < -0.3 is 9.64 Å². The fraction of sp³-hybridized carbons (Fsp3) is 0.704. The van der Waals surface area contributed by atoms with Gasteiger partial charge in [0.05, 0.1) is 41.6 Å². The monoisotopic (exact) mass is 541 g/mol. The second-order valence-electron chi connectivity index (χ2n) is 11.9. The maximum Gasteiger partial charge on any atom is 0.225 e. The summed E-state index contributed by atoms with van der Waals surface area (Å²) >= 11 is 0. The van der Waals surface area contributed by atoms with E-state index in [9.17, 15) is 8.42 Å². The number of ether oxygens (including phenoxy) is 1. The quantitative estimate of drug-likeness (QED) is 0.584. The van der Waals surface area contributed by atoms with Crippen LogP contribution in [-0.4, -0.2) is 65.3 Å². The minimum absolute atomic E-state index is 0.0246. The number of aryl methyl sites for hydroxylation is 2. The number of hydrogen-bond acceptors (Lipinski definition) is 10. The number of aromatic nitrogens is 4. The Kier molecular flexibility index (Phi) is 6.90. The summed E-state index contributed by atoms with van der Waals surface area (Å²) < 4.78 is 30.6. The van der Waals surface area contributed by atoms with Gasteiger partial charge in [0.1, 0.15) is 0 Å². The predicted molar refractivity (Wildman–Crippen MR) is 144 cm³/mol. The first kappa shape index (κ1) is 26.0. The van der Waals surface area contributed by atoms with E-state index in [4.69, 9.17) is 14.7 Å². The van der Waals surface area contributed by atoms with Crippen molar-refractivity contribution < 1.29 is 13.2 Å². The van der Waals surface area contributed by atoms with Gasteiger partial charge in [-0.05, 0) is 76.2 Å². The molecule has 2 N–H and O–H groups in total. The third-order valence-electron chi connectivity index (χ3n) is 9.37. The molecule has 0 aromatic carbocycles. The van der Waals surface area contributed by atoms with Crippen molar-refractivity contribution in [1.82, 2.24) is 31.0 Å². The van der Waals surface area contributed by atoms with E-state index < -0.39 is 9.84 Å². The SMILES string of the molecule is Cc1cnnc(C)c1[C@@H](C)OC1CCC2NNC(c3cnc(N4CCC5(CC4)CCS(=O)(=O)C5)nc3)C2C1. The molecule has 0 amide bonds. The largest absolute Gasteiger partial charge is 0.370 e. The molecule has 4 aliphatic rings. The lowest BCUT2D eigenvalue weighted by molar-refractivity contribution is -0.0377. The van der Waals surface area contributed by atoms with Gasteiger partial charge in [0.15, 0.2) is 9.84 Å². The average Bonchev–Trinajstić information content (AvgIpc) is 3.44. The number of sulfone groups is 1. The van der Waals surface area contributed by atoms with Gasteiger partial charge in [-0.25, -0.2) is 23.8 Å². The molecule has 5 heterocycles. The van der Waals surface area contributed by atoms with E-state index in [-0.39, 0.29) is 23.7 Å². The van der Waals surface area contributed by atoms with E-state index in [0.29, 0.717) is 23.5 Å². The highest BCUT2D eigenvalue weighted by Crippen LogP contribution is 2.43. The molecule has 1 aliphatic carbocycles. The standard InChI is InChI=1S/C27H39N7O3S/c1-17-13-30-31-18(2)24(17)19(3)37-21-4-5-23-22(12-21)25(33-32-23)20-14-28-26(29-15-20)34-9-6-27(7-10-34)8-11-38(35,36)16-27/h13-15,19,21-23,25,32-33H,4-12,16H2,1-3H3/t19-,21?,22?,23?,25?/m1/s1. The highest BCUT2D eigenvalue weighted by atomic mass is 32.2. The lowest BCUT2D eigenvalue weighted by atomic mass is 9.78. The number of fused-ring (bicyclic) bond motifs is 1. The van der Waals surface area contributed by atoms with Crippen LogP contribution in [0, 0.1) is 25.2 Å². The number of anilines is 1. The van der Waals surface area contributed by atoms with Crippen LogP contribution in [0.4, 0.5) is 5.95 Å². The zero-order valence-corrected chi connectivity index (χ0v) is 23.4. The Morgan fingerprint density at radius 3 is 2.53 bits per heavy atom. The molecular formula is C27H39N7O3S. The first-order chi connectivity index (χ1) is 18.2. The zero-order chi connectivity index (χ0) is 26.5. The molecule has 6 rings (SSSR count). The van der Waals surface area contributed by atoms with Gasteiger partial charge in [0, 0.05) is 42.7 Å². The summed E-state index contributed by atoms with van der Waals surface area (Å²) in [5, 5.41) is 8.29. The van der Waals surface area contributed by atoms with Crippen LogP contribution in [0.1, 0.15) is 80.0 Å². The van der Waals surface area contributed by atoms with E-state index in [1.807, 2.05) is 25.5 Å². The van der Waals surface area contributed by atoms with Crippen molar-refractivity contribution in [2.45, 2.75) is 83.6 Å². The minimum atomic E-state index is -2.87. The van der Waals surface area contributed by atoms with E-state index in [2.05, 4.69) is 39.8 Å². The van der Waals surface area contributed by atoms with Gasteiger partial charge in [-0.15, -0.1) is 0 Å². The van der Waals surface area contributed by atoms with Crippen LogP contribution < -0.4 is 15.8 Å². The maximum absolute atomic E-state index is 12.0. The minimum Gasteiger partial charge on any atom is -0.370 e. The van der Waals surface area contributed by atoms with Crippen LogP contribution in [-0.2, 0) is 14.6 Å². The van der Waals surface area contributed by atoms with Gasteiger partial charge in [-0.3, -0.25) is 5.43 Å². The van der Waals surface area contributed by atoms with Crippen molar-refractivity contribution >= 4 is 15.8 Å². The highest BCUT2D eigenvalue weighted by Gasteiger charge is 2.45. The third kappa shape index (κ3) is 5.05. The number of piperidine rings is 1. The Morgan fingerprint density at radius 2 is 1.84 bits per heavy atom. The van der Waals surface area contributed by atoms with Gasteiger partial charge >= 0.3 is 0 Å². The fourth-order valence-electron chi connectivity index (χ4n) is 7.27. The van der Waals surface area contributed by atoms with Crippen molar-refractivity contribution in [2.24, 2.45) is 11.3 Å². The number of hydrogen-bond donors (Lipinski definition) is 2. The molecule has 38 heavy (non-hydrogen) atoms. The molecule has 2 aromatic rings. The van der Waals surface area contributed by atoms with Crippen LogP contribution in [0.2, 0.25) is 0 Å². The van der Waals surface area contributed by atoms with Crippen LogP contribution in [0.3, 0.4) is 0 Å². The van der Waals surface area contributed by atoms with Crippen molar-refractivity contribution in [3.8, 4) is 0 Å². The molecule has 206 valence electrons. The number of hydrazine groups is 1. The molecule has 1 spiro atoms. The Hall–Kier alpha value is -2.21. The molecular weight excluding hydrogens is 502 g/mol. The van der Waals surface area contributed by atoms with Crippen molar-refractivity contribution in [1.29, 1.82) is 0 Å². The number of nitrogens with one attached hydrogen (secondary N) is 2. The van der Waals surface area contributed by atoms with Gasteiger partial charge in [-0.2, -0.15) is 10.2 Å². The lowest BCUT2D eigenvalue weighted by Crippen LogP contribution is -2.41. The Balaban J connectivity index is 1.08. The van der Waals surface area contributed by atoms with Crippen LogP contribution in [0.15, 0.2) is 18.6 Å². The summed E-state index contributed by atoms with van der Waals surface area (Å²) in [7, 11) is -2.87. The smallest absolute Gasteiger partial charge is 0.225 e. The molecule has 0 bridgehead atoms. The summed E-state index contributed by atoms with van der Waals surface area (Å²) in [5.74, 6) is 1.82. The fourth-order valence-corrected chi connectivity index (χ4v) is 9.52. The average molecular weight is 542 g/mol. The van der Waals surface area contributed by atoms with Gasteiger partial charge in [0.25, 0.3) is 0 Å². The van der Waals surface area contributed by atoms with E-state index in [0.717, 1.165) is 79.9 Å². The molecule has 11 heteroatoms. The van der Waals surface area contributed by atoms with E-state index in [1.54, 1.807) is 0 Å². The molecule has 2 aromatic heterocycles. The summed E-state index contributed by atoms with van der Waals surface area (Å²) in [5.41, 5.74) is 11.3. The summed E-state index contributed by atoms with van der Waals surface area (Å²) in [6.07, 6.45) is 11.5. The van der Waals surface area contributed by atoms with Crippen LogP contribution in [0.25, 0.3) is 0 Å². The first-order valence-corrected chi connectivity index (χ1v) is 15.8. The number of nitrogens with zero attached hydrogens (tertiary/aromatic N) is 5. The van der Waals surface area contributed by atoms with Crippen molar-refractivity contribution in [2.75, 3.05) is 29.5 Å². The molecule has 0 radical (unpaired) electrons. The Labute approximate surface area is 225 Å². The van der Waals surface area contributed by atoms with Gasteiger partial charge in [-0.1, -0.05) is 0 Å². The van der Waals surface area contributed by atoms with E-state index >= 15 is 0 Å². The molecule has 4 unspecified atom stereocenters. The Bertz CT molecular complexity index is 1240. The second kappa shape index (κ2) is 10.1. The van der Waals surface area contributed by atoms with Crippen molar-refractivity contribution in [3.05, 3.63) is 41.0 Å². The topological polar surface area (TPSA) is 122 Å². The van der Waals surface area contributed by atoms with Crippen molar-refractivity contribution in [3.63, 3.8) is 0 Å². The number of rotatable bonds is 5. The normalized spacial score (nSPS) is 30.9. The van der Waals surface area contributed by atoms with Crippen LogP contribution in [0.5, 0.6) is 0 Å². The molecule has 1 saturated carbocycles. The summed E-state index contributed by atoms with van der Waals surface area (Å²) in [6, 6.07) is 0.539. The molecule has 10 nitrogen and oxygen atoms in total. The molecule has 3 aliphatic heterocycles. The zero-order valence-electron chi connectivity index (χ0n) is 22.6. The summed E-state index contributed by atoms with van der Waals surface area (Å²) in [4.78, 5) is 11.7. The molecule has 3 saturated heterocycles. The predicted octanol–water partition coefficient (Wildman–Crippen LogP) is 2.75. The third-order valence-corrected chi connectivity index (χ3v) is 11.3. The van der Waals surface area contributed by atoms with E-state index in [1.165, 1.54) is 0 Å². The van der Waals surface area contributed by atoms with Gasteiger partial charge in [0.2, 0.25) is 5.95 Å². The Morgan fingerprint density at radius 1 is 1.08 bits per heavy atom. The lowest BCUT2D eigenvalue weighted by Gasteiger charge is -2.38. The first-order valence-electron chi connectivity index (χ1n) is 13.9. The molecule has 4 fully saturated rings. The maximum atomic E-state index is 12.0. The molecule has 5 atom stereocenters.